The average Bonchev–Trinajstić information content (AvgIpc) is 3.26. The van der Waals surface area contributed by atoms with E-state index in [0.29, 0.717) is 24.7 Å². The van der Waals surface area contributed by atoms with Crippen LogP contribution in [0.15, 0.2) is 0 Å². The minimum atomic E-state index is -0.451. The molecule has 0 bridgehead atoms. The maximum atomic E-state index is 11.5. The van der Waals surface area contributed by atoms with Crippen molar-refractivity contribution in [3.8, 4) is 0 Å². The summed E-state index contributed by atoms with van der Waals surface area (Å²) in [5.74, 6) is 0.0771. The molecule has 2 rings (SSSR count). The molecule has 6 nitrogen and oxygen atoms in total. The zero-order valence-electron chi connectivity index (χ0n) is 12.8. The maximum absolute atomic E-state index is 11.5. The molecule has 120 valence electrons. The molecule has 2 fully saturated rings. The number of hydrogen-bond donors (Lipinski definition) is 1. The van der Waals surface area contributed by atoms with Gasteiger partial charge >= 0.3 is 12.1 Å². The van der Waals surface area contributed by atoms with Gasteiger partial charge < -0.3 is 19.5 Å². The summed E-state index contributed by atoms with van der Waals surface area (Å²) < 4.78 is 15.7. The quantitative estimate of drug-likeness (QED) is 0.441. The lowest BCUT2D eigenvalue weighted by molar-refractivity contribution is -0.147. The maximum Gasteiger partial charge on any atom is 0.407 e. The third-order valence-corrected chi connectivity index (χ3v) is 4.19. The van der Waals surface area contributed by atoms with Crippen LogP contribution in [0.1, 0.15) is 39.5 Å². The molecule has 1 saturated heterocycles. The van der Waals surface area contributed by atoms with E-state index in [1.54, 1.807) is 0 Å². The van der Waals surface area contributed by atoms with Crippen molar-refractivity contribution >= 4 is 12.1 Å². The third kappa shape index (κ3) is 5.19. The molecule has 1 aliphatic heterocycles. The molecule has 1 heterocycles. The van der Waals surface area contributed by atoms with Crippen molar-refractivity contribution in [2.45, 2.75) is 51.7 Å². The van der Waals surface area contributed by atoms with Gasteiger partial charge in [-0.2, -0.15) is 0 Å². The van der Waals surface area contributed by atoms with Gasteiger partial charge in [-0.05, 0) is 31.6 Å². The topological polar surface area (TPSA) is 77.2 Å². The van der Waals surface area contributed by atoms with Crippen molar-refractivity contribution < 1.29 is 23.8 Å². The molecule has 6 heteroatoms. The van der Waals surface area contributed by atoms with E-state index in [4.69, 9.17) is 14.2 Å². The molecule has 0 spiro atoms. The lowest BCUT2D eigenvalue weighted by Crippen LogP contribution is -2.31. The van der Waals surface area contributed by atoms with Gasteiger partial charge in [0.2, 0.25) is 0 Å². The van der Waals surface area contributed by atoms with Gasteiger partial charge in [0.1, 0.15) is 6.61 Å². The second kappa shape index (κ2) is 7.64. The van der Waals surface area contributed by atoms with E-state index in [1.165, 1.54) is 0 Å². The molecular weight excluding hydrogens is 274 g/mol. The highest BCUT2D eigenvalue weighted by Gasteiger charge is 2.43. The first-order valence-electron chi connectivity index (χ1n) is 7.82. The van der Waals surface area contributed by atoms with Crippen LogP contribution in [-0.4, -0.2) is 44.0 Å². The number of amides is 1. The average molecular weight is 299 g/mol. The number of rotatable bonds is 7. The molecule has 0 aromatic carbocycles. The Hall–Kier alpha value is -1.30. The van der Waals surface area contributed by atoms with Crippen molar-refractivity contribution in [3.05, 3.63) is 0 Å². The van der Waals surface area contributed by atoms with Gasteiger partial charge in [0.25, 0.3) is 0 Å². The highest BCUT2D eigenvalue weighted by Crippen LogP contribution is 2.39. The van der Waals surface area contributed by atoms with Gasteiger partial charge in [-0.1, -0.05) is 13.8 Å². The summed E-state index contributed by atoms with van der Waals surface area (Å²) in [6.07, 6.45) is 4.29. The van der Waals surface area contributed by atoms with Crippen LogP contribution in [0.4, 0.5) is 4.79 Å². The first-order valence-corrected chi connectivity index (χ1v) is 7.82. The zero-order chi connectivity index (χ0) is 15.2. The number of nitrogens with one attached hydrogen (secondary N) is 1. The zero-order valence-corrected chi connectivity index (χ0v) is 12.8. The summed E-state index contributed by atoms with van der Waals surface area (Å²) in [4.78, 5) is 22.9. The van der Waals surface area contributed by atoms with Crippen molar-refractivity contribution in [1.82, 2.24) is 5.32 Å². The van der Waals surface area contributed by atoms with Crippen molar-refractivity contribution in [2.24, 2.45) is 11.8 Å². The van der Waals surface area contributed by atoms with Gasteiger partial charge in [-0.25, -0.2) is 4.79 Å². The summed E-state index contributed by atoms with van der Waals surface area (Å²) in [7, 11) is 0. The number of ether oxygens (including phenoxy) is 3. The van der Waals surface area contributed by atoms with Crippen LogP contribution in [-0.2, 0) is 19.0 Å². The van der Waals surface area contributed by atoms with Crippen LogP contribution in [0.25, 0.3) is 0 Å². The summed E-state index contributed by atoms with van der Waals surface area (Å²) in [6, 6.07) is 0. The van der Waals surface area contributed by atoms with Crippen LogP contribution < -0.4 is 5.32 Å². The number of carbonyl (C=O) groups excluding carboxylic acids is 2. The molecule has 1 aliphatic carbocycles. The Morgan fingerprint density at radius 1 is 1.29 bits per heavy atom. The van der Waals surface area contributed by atoms with Crippen LogP contribution in [0.2, 0.25) is 0 Å². The molecule has 0 aromatic rings. The number of alkyl carbamates (subject to hydrolysis) is 1. The van der Waals surface area contributed by atoms with E-state index >= 15 is 0 Å². The van der Waals surface area contributed by atoms with Gasteiger partial charge in [-0.3, -0.25) is 4.79 Å². The predicted octanol–water partition coefficient (Wildman–Crippen LogP) is 1.87. The van der Waals surface area contributed by atoms with Crippen LogP contribution in [0.5, 0.6) is 0 Å². The fourth-order valence-electron chi connectivity index (χ4n) is 2.50. The Labute approximate surface area is 125 Å². The monoisotopic (exact) mass is 299 g/mol. The van der Waals surface area contributed by atoms with Crippen molar-refractivity contribution in [3.63, 3.8) is 0 Å². The smallest absolute Gasteiger partial charge is 0.407 e. The second-order valence-corrected chi connectivity index (χ2v) is 5.89. The highest BCUT2D eigenvalue weighted by molar-refractivity contribution is 5.72. The first-order chi connectivity index (χ1) is 10.1. The number of esters is 1. The molecule has 0 aromatic heterocycles. The standard InChI is InChI=1S/C15H25NO5/c1-3-10(2)14(17)19-7-6-16-15(18)20-9-11-4-5-12-13(8-11)21-12/h10-13H,3-9H2,1-2H3,(H,16,18). The number of hydrogen-bond acceptors (Lipinski definition) is 5. The summed E-state index contributed by atoms with van der Waals surface area (Å²) >= 11 is 0. The molecule has 1 N–H and O–H groups in total. The Morgan fingerprint density at radius 2 is 2.10 bits per heavy atom. The van der Waals surface area contributed by atoms with Gasteiger partial charge in [0.15, 0.2) is 0 Å². The third-order valence-electron chi connectivity index (χ3n) is 4.19. The molecule has 0 radical (unpaired) electrons. The Morgan fingerprint density at radius 3 is 2.81 bits per heavy atom. The summed E-state index contributed by atoms with van der Waals surface area (Å²) in [6.45, 7) is 4.65. The fraction of sp³-hybridized carbons (Fsp3) is 0.867. The minimum absolute atomic E-state index is 0.100. The van der Waals surface area contributed by atoms with Gasteiger partial charge in [0.05, 0.1) is 31.3 Å². The minimum Gasteiger partial charge on any atom is -0.464 e. The summed E-state index contributed by atoms with van der Waals surface area (Å²) in [5, 5.41) is 2.59. The van der Waals surface area contributed by atoms with Crippen molar-refractivity contribution in [1.29, 1.82) is 0 Å². The summed E-state index contributed by atoms with van der Waals surface area (Å²) in [5.41, 5.74) is 0. The molecule has 2 aliphatic rings. The SMILES string of the molecule is CCC(C)C(=O)OCCNC(=O)OCC1CCC2OC2C1. The van der Waals surface area contributed by atoms with E-state index in [1.807, 2.05) is 13.8 Å². The Kier molecular flexibility index (Phi) is 5.85. The molecule has 1 saturated carbocycles. The second-order valence-electron chi connectivity index (χ2n) is 5.89. The predicted molar refractivity (Wildman–Crippen MR) is 75.8 cm³/mol. The van der Waals surface area contributed by atoms with E-state index < -0.39 is 6.09 Å². The molecular formula is C15H25NO5. The van der Waals surface area contributed by atoms with Crippen LogP contribution >= 0.6 is 0 Å². The highest BCUT2D eigenvalue weighted by atomic mass is 16.6. The van der Waals surface area contributed by atoms with E-state index in [9.17, 15) is 9.59 Å². The fourth-order valence-corrected chi connectivity index (χ4v) is 2.50. The van der Waals surface area contributed by atoms with Crippen LogP contribution in [0, 0.1) is 11.8 Å². The Balaban J connectivity index is 1.48. The van der Waals surface area contributed by atoms with Crippen LogP contribution in [0.3, 0.4) is 0 Å². The number of fused-ring (bicyclic) bond motifs is 1. The number of carbonyl (C=O) groups is 2. The van der Waals surface area contributed by atoms with E-state index in [2.05, 4.69) is 5.32 Å². The molecule has 4 atom stereocenters. The molecule has 4 unspecified atom stereocenters. The Bertz CT molecular complexity index is 373. The normalized spacial score (nSPS) is 28.2. The van der Waals surface area contributed by atoms with E-state index in [-0.39, 0.29) is 25.0 Å². The van der Waals surface area contributed by atoms with E-state index in [0.717, 1.165) is 25.7 Å². The first kappa shape index (κ1) is 16.1. The van der Waals surface area contributed by atoms with Crippen molar-refractivity contribution in [2.75, 3.05) is 19.8 Å². The molecule has 1 amide bonds. The lowest BCUT2D eigenvalue weighted by atomic mass is 9.90. The molecule has 21 heavy (non-hydrogen) atoms. The lowest BCUT2D eigenvalue weighted by Gasteiger charge is -2.18. The number of epoxide rings is 1. The largest absolute Gasteiger partial charge is 0.464 e. The van der Waals surface area contributed by atoms with Gasteiger partial charge in [0, 0.05) is 0 Å². The van der Waals surface area contributed by atoms with Gasteiger partial charge in [-0.15, -0.1) is 0 Å².